The quantitative estimate of drug-likeness (QED) is 0.347. The largest absolute Gasteiger partial charge is 0.456 e. The Morgan fingerprint density at radius 3 is 2.78 bits per heavy atom. The third-order valence-electron chi connectivity index (χ3n) is 3.89. The Bertz CT molecular complexity index is 1230. The lowest BCUT2D eigenvalue weighted by molar-refractivity contribution is -0.139. The predicted octanol–water partition coefficient (Wildman–Crippen LogP) is 4.43. The molecule has 7 heteroatoms. The summed E-state index contributed by atoms with van der Waals surface area (Å²) in [5.74, 6) is -0.490. The lowest BCUT2D eigenvalue weighted by Crippen LogP contribution is -2.14. The Hall–Kier alpha value is -2.77. The average molecular weight is 441 g/mol. The smallest absolute Gasteiger partial charge is 0.331 e. The first-order valence-electron chi connectivity index (χ1n) is 8.11. The Morgan fingerprint density at radius 1 is 1.19 bits per heavy atom. The molecular weight excluding hydrogens is 428 g/mol. The third kappa shape index (κ3) is 3.84. The summed E-state index contributed by atoms with van der Waals surface area (Å²) in [5, 5.41) is 0. The van der Waals surface area contributed by atoms with E-state index in [1.54, 1.807) is 10.5 Å². The van der Waals surface area contributed by atoms with Crippen molar-refractivity contribution < 1.29 is 9.53 Å². The molecule has 0 amide bonds. The molecule has 2 aromatic heterocycles. The van der Waals surface area contributed by atoms with Crippen LogP contribution in [0.5, 0.6) is 0 Å². The van der Waals surface area contributed by atoms with Gasteiger partial charge in [-0.15, -0.1) is 0 Å². The van der Waals surface area contributed by atoms with Crippen LogP contribution in [0.4, 0.5) is 0 Å². The summed E-state index contributed by atoms with van der Waals surface area (Å²) in [6.45, 7) is -0.0521. The molecule has 0 saturated carbocycles. The topological polar surface area (TPSA) is 60.7 Å². The van der Waals surface area contributed by atoms with E-state index >= 15 is 0 Å². The van der Waals surface area contributed by atoms with E-state index in [2.05, 4.69) is 20.9 Å². The minimum atomic E-state index is -0.490. The Balaban J connectivity index is 1.50. The predicted molar refractivity (Wildman–Crippen MR) is 110 cm³/mol. The van der Waals surface area contributed by atoms with E-state index in [0.717, 1.165) is 20.3 Å². The summed E-state index contributed by atoms with van der Waals surface area (Å²) in [6, 6.07) is 16.6. The van der Waals surface area contributed by atoms with Crippen molar-refractivity contribution in [2.24, 2.45) is 0 Å². The molecule has 0 aliphatic rings. The summed E-state index contributed by atoms with van der Waals surface area (Å²) in [6.07, 6.45) is 3.03. The van der Waals surface area contributed by atoms with Crippen molar-refractivity contribution in [1.29, 1.82) is 0 Å². The van der Waals surface area contributed by atoms with Gasteiger partial charge in [-0.3, -0.25) is 9.20 Å². The molecule has 5 nitrogen and oxygen atoms in total. The number of nitrogens with zero attached hydrogens (tertiary/aromatic N) is 2. The van der Waals surface area contributed by atoms with E-state index in [1.165, 1.54) is 23.5 Å². The maximum absolute atomic E-state index is 12.4. The molecule has 0 unspecified atom stereocenters. The molecule has 0 saturated heterocycles. The highest BCUT2D eigenvalue weighted by atomic mass is 79.9. The Morgan fingerprint density at radius 2 is 1.96 bits per heavy atom. The van der Waals surface area contributed by atoms with Crippen molar-refractivity contribution in [2.45, 2.75) is 6.61 Å². The van der Waals surface area contributed by atoms with Gasteiger partial charge in [0.2, 0.25) is 0 Å². The number of aromatic nitrogens is 2. The van der Waals surface area contributed by atoms with Crippen LogP contribution in [0.2, 0.25) is 0 Å². The van der Waals surface area contributed by atoms with Crippen LogP contribution in [-0.2, 0) is 16.1 Å². The second-order valence-corrected chi connectivity index (χ2v) is 7.69. The van der Waals surface area contributed by atoms with Gasteiger partial charge < -0.3 is 4.74 Å². The summed E-state index contributed by atoms with van der Waals surface area (Å²) < 4.78 is 8.73. The fourth-order valence-electron chi connectivity index (χ4n) is 2.63. The van der Waals surface area contributed by atoms with Crippen molar-refractivity contribution in [2.75, 3.05) is 0 Å². The zero-order valence-electron chi connectivity index (χ0n) is 14.0. The molecule has 0 N–H and O–H groups in total. The molecule has 2 aromatic carbocycles. The van der Waals surface area contributed by atoms with Gasteiger partial charge in [-0.2, -0.15) is 0 Å². The molecular formula is C20H13BrN2O3S. The van der Waals surface area contributed by atoms with Gasteiger partial charge in [-0.25, -0.2) is 9.78 Å². The number of esters is 1. The van der Waals surface area contributed by atoms with Gasteiger partial charge in [0.05, 0.1) is 15.9 Å². The van der Waals surface area contributed by atoms with Crippen molar-refractivity contribution in [3.63, 3.8) is 0 Å². The summed E-state index contributed by atoms with van der Waals surface area (Å²) in [7, 11) is 0. The van der Waals surface area contributed by atoms with Gasteiger partial charge >= 0.3 is 5.97 Å². The lowest BCUT2D eigenvalue weighted by Gasteiger charge is -2.02. The number of hydrogen-bond acceptors (Lipinski definition) is 5. The van der Waals surface area contributed by atoms with Gasteiger partial charge in [-0.1, -0.05) is 51.5 Å². The molecule has 0 aliphatic carbocycles. The maximum Gasteiger partial charge on any atom is 0.331 e. The van der Waals surface area contributed by atoms with Crippen molar-refractivity contribution in [3.05, 3.63) is 86.8 Å². The summed E-state index contributed by atoms with van der Waals surface area (Å²) >= 11 is 4.79. The van der Waals surface area contributed by atoms with E-state index in [9.17, 15) is 9.59 Å². The highest BCUT2D eigenvalue weighted by Crippen LogP contribution is 2.23. The Labute approximate surface area is 166 Å². The molecule has 2 heterocycles. The van der Waals surface area contributed by atoms with E-state index in [1.807, 2.05) is 48.5 Å². The fraction of sp³-hybridized carbons (Fsp3) is 0.0500. The number of para-hydroxylation sites is 1. The fourth-order valence-corrected chi connectivity index (χ4v) is 3.94. The van der Waals surface area contributed by atoms with Gasteiger partial charge in [0.25, 0.3) is 5.56 Å². The SMILES string of the molecule is O=C(C=Cc1ccc(Br)cc1)OCc1cc(=O)n2c(n1)sc1ccccc12. The van der Waals surface area contributed by atoms with E-state index in [0.29, 0.717) is 10.7 Å². The van der Waals surface area contributed by atoms with Gasteiger partial charge in [0.15, 0.2) is 4.96 Å². The molecule has 0 bridgehead atoms. The number of ether oxygens (including phenoxy) is 1. The number of thiazole rings is 1. The molecule has 27 heavy (non-hydrogen) atoms. The van der Waals surface area contributed by atoms with Gasteiger partial charge in [0.1, 0.15) is 6.61 Å². The molecule has 134 valence electrons. The van der Waals surface area contributed by atoms with Crippen LogP contribution in [0.15, 0.2) is 69.9 Å². The monoisotopic (exact) mass is 440 g/mol. The molecule has 0 fully saturated rings. The molecule has 0 atom stereocenters. The van der Waals surface area contributed by atoms with Crippen LogP contribution in [0.1, 0.15) is 11.3 Å². The van der Waals surface area contributed by atoms with Crippen LogP contribution in [-0.4, -0.2) is 15.4 Å². The van der Waals surface area contributed by atoms with Crippen LogP contribution in [0.3, 0.4) is 0 Å². The number of carbonyl (C=O) groups excluding carboxylic acids is 1. The van der Waals surface area contributed by atoms with Crippen LogP contribution < -0.4 is 5.56 Å². The average Bonchev–Trinajstić information content (AvgIpc) is 3.05. The molecule has 4 rings (SSSR count). The zero-order valence-corrected chi connectivity index (χ0v) is 16.4. The van der Waals surface area contributed by atoms with Crippen molar-refractivity contribution >= 4 is 54.5 Å². The summed E-state index contributed by atoms with van der Waals surface area (Å²) in [5.41, 5.74) is 1.96. The van der Waals surface area contributed by atoms with E-state index in [4.69, 9.17) is 4.74 Å². The minimum absolute atomic E-state index is 0.0521. The highest BCUT2D eigenvalue weighted by Gasteiger charge is 2.10. The number of hydrogen-bond donors (Lipinski definition) is 0. The molecule has 0 spiro atoms. The lowest BCUT2D eigenvalue weighted by atomic mass is 10.2. The first-order valence-corrected chi connectivity index (χ1v) is 9.72. The molecule has 0 aliphatic heterocycles. The van der Waals surface area contributed by atoms with E-state index in [-0.39, 0.29) is 12.2 Å². The first-order chi connectivity index (χ1) is 13.1. The number of benzene rings is 2. The number of fused-ring (bicyclic) bond motifs is 3. The maximum atomic E-state index is 12.4. The molecule has 4 aromatic rings. The van der Waals surface area contributed by atoms with Crippen LogP contribution >= 0.6 is 27.3 Å². The van der Waals surface area contributed by atoms with Gasteiger partial charge in [-0.05, 0) is 35.9 Å². The van der Waals surface area contributed by atoms with E-state index < -0.39 is 5.97 Å². The van der Waals surface area contributed by atoms with Crippen LogP contribution in [0.25, 0.3) is 21.3 Å². The van der Waals surface area contributed by atoms with Crippen LogP contribution in [0, 0.1) is 0 Å². The second kappa shape index (κ2) is 7.46. The first kappa shape index (κ1) is 17.6. The zero-order chi connectivity index (χ0) is 18.8. The second-order valence-electron chi connectivity index (χ2n) is 5.77. The number of halogens is 1. The Kier molecular flexibility index (Phi) is 4.87. The number of rotatable bonds is 4. The highest BCUT2D eigenvalue weighted by molar-refractivity contribution is 9.10. The normalized spacial score (nSPS) is 11.4. The molecule has 0 radical (unpaired) electrons. The van der Waals surface area contributed by atoms with Crippen molar-refractivity contribution in [3.8, 4) is 0 Å². The van der Waals surface area contributed by atoms with Crippen molar-refractivity contribution in [1.82, 2.24) is 9.38 Å². The van der Waals surface area contributed by atoms with Gasteiger partial charge in [0, 0.05) is 16.6 Å². The standard InChI is InChI=1S/C20H13BrN2O3S/c21-14-8-5-13(6-9-14)7-10-19(25)26-12-15-11-18(24)23-16-3-1-2-4-17(16)27-20(23)22-15/h1-11H,12H2. The summed E-state index contributed by atoms with van der Waals surface area (Å²) in [4.78, 5) is 29.4. The number of carbonyl (C=O) groups is 1. The minimum Gasteiger partial charge on any atom is -0.456 e. The third-order valence-corrected chi connectivity index (χ3v) is 5.44.